The van der Waals surface area contributed by atoms with Crippen LogP contribution >= 0.6 is 0 Å². The Morgan fingerprint density at radius 3 is 2.57 bits per heavy atom. The summed E-state index contributed by atoms with van der Waals surface area (Å²) in [6, 6.07) is 2.82. The highest BCUT2D eigenvalue weighted by Crippen LogP contribution is 2.29. The number of hydrogen-bond donors (Lipinski definition) is 1. The van der Waals surface area contributed by atoms with Crippen LogP contribution in [0.5, 0.6) is 0 Å². The quantitative estimate of drug-likeness (QED) is 0.939. The monoisotopic (exact) mass is 293 g/mol. The maximum Gasteiger partial charge on any atom is 0.161 e. The highest BCUT2D eigenvalue weighted by molar-refractivity contribution is 5.76. The van der Waals surface area contributed by atoms with Crippen LogP contribution in [0.3, 0.4) is 0 Å². The molecule has 0 saturated carbocycles. The summed E-state index contributed by atoms with van der Waals surface area (Å²) in [6.45, 7) is 6.17. The Labute approximate surface area is 123 Å². The van der Waals surface area contributed by atoms with Crippen LogP contribution in [-0.4, -0.2) is 22.6 Å². The van der Waals surface area contributed by atoms with E-state index >= 15 is 0 Å². The van der Waals surface area contributed by atoms with Crippen molar-refractivity contribution < 1.29 is 8.78 Å². The van der Waals surface area contributed by atoms with Crippen LogP contribution in [0.15, 0.2) is 12.1 Å². The number of imidazole rings is 1. The van der Waals surface area contributed by atoms with Crippen molar-refractivity contribution in [3.63, 3.8) is 0 Å². The summed E-state index contributed by atoms with van der Waals surface area (Å²) in [7, 11) is 0. The van der Waals surface area contributed by atoms with Gasteiger partial charge in [-0.2, -0.15) is 0 Å². The Balaban J connectivity index is 2.13. The minimum absolute atomic E-state index is 0.315. The fraction of sp³-hybridized carbons (Fsp3) is 0.562. The third kappa shape index (κ3) is 2.79. The Morgan fingerprint density at radius 2 is 1.90 bits per heavy atom. The molecule has 1 N–H and O–H groups in total. The van der Waals surface area contributed by atoms with E-state index in [0.717, 1.165) is 43.7 Å². The lowest BCUT2D eigenvalue weighted by molar-refractivity contribution is 0.363. The summed E-state index contributed by atoms with van der Waals surface area (Å²) >= 11 is 0. The number of halogens is 2. The van der Waals surface area contributed by atoms with Crippen LogP contribution in [0.4, 0.5) is 8.78 Å². The third-order valence-electron chi connectivity index (χ3n) is 4.07. The molecular weight excluding hydrogens is 272 g/mol. The maximum absolute atomic E-state index is 13.6. The van der Waals surface area contributed by atoms with Gasteiger partial charge in [-0.3, -0.25) is 0 Å². The normalized spacial score (nSPS) is 17.0. The fourth-order valence-corrected chi connectivity index (χ4v) is 3.12. The van der Waals surface area contributed by atoms with E-state index in [0.29, 0.717) is 17.5 Å². The first kappa shape index (κ1) is 14.4. The van der Waals surface area contributed by atoms with Gasteiger partial charge < -0.3 is 9.88 Å². The first-order valence-electron chi connectivity index (χ1n) is 7.63. The van der Waals surface area contributed by atoms with Gasteiger partial charge in [-0.1, -0.05) is 13.8 Å². The number of fused-ring (bicyclic) bond motifs is 1. The van der Waals surface area contributed by atoms with Gasteiger partial charge in [0, 0.05) is 24.6 Å². The number of rotatable bonds is 3. The Bertz CT molecular complexity index is 642. The van der Waals surface area contributed by atoms with Crippen molar-refractivity contribution in [1.29, 1.82) is 0 Å². The van der Waals surface area contributed by atoms with Crippen molar-refractivity contribution in [3.05, 3.63) is 29.6 Å². The second-order valence-electron chi connectivity index (χ2n) is 6.23. The number of nitrogens with one attached hydrogen (secondary N) is 1. The largest absolute Gasteiger partial charge is 0.325 e. The molecule has 0 radical (unpaired) electrons. The molecule has 0 unspecified atom stereocenters. The van der Waals surface area contributed by atoms with E-state index in [1.54, 1.807) is 0 Å². The topological polar surface area (TPSA) is 29.9 Å². The molecule has 2 heterocycles. The highest BCUT2D eigenvalue weighted by Gasteiger charge is 2.22. The molecule has 0 atom stereocenters. The van der Waals surface area contributed by atoms with E-state index in [9.17, 15) is 8.78 Å². The fourth-order valence-electron chi connectivity index (χ4n) is 3.12. The number of aromatic nitrogens is 2. The van der Waals surface area contributed by atoms with Crippen LogP contribution in [0.2, 0.25) is 0 Å². The first-order valence-corrected chi connectivity index (χ1v) is 7.63. The van der Waals surface area contributed by atoms with Gasteiger partial charge in [0.2, 0.25) is 0 Å². The van der Waals surface area contributed by atoms with Crippen molar-refractivity contribution in [2.24, 2.45) is 5.92 Å². The van der Waals surface area contributed by atoms with E-state index in [1.165, 1.54) is 12.1 Å². The highest BCUT2D eigenvalue weighted by atomic mass is 19.2. The van der Waals surface area contributed by atoms with Crippen LogP contribution in [0.1, 0.15) is 38.6 Å². The van der Waals surface area contributed by atoms with Gasteiger partial charge >= 0.3 is 0 Å². The molecule has 1 aromatic carbocycles. The average molecular weight is 293 g/mol. The number of benzene rings is 1. The maximum atomic E-state index is 13.6. The zero-order chi connectivity index (χ0) is 15.0. The lowest BCUT2D eigenvalue weighted by atomic mass is 10.0. The smallest absolute Gasteiger partial charge is 0.161 e. The van der Waals surface area contributed by atoms with E-state index in [4.69, 9.17) is 0 Å². The molecule has 1 aliphatic heterocycles. The summed E-state index contributed by atoms with van der Waals surface area (Å²) in [5.41, 5.74) is 1.28. The molecular formula is C16H21F2N3. The van der Waals surface area contributed by atoms with Gasteiger partial charge in [0.05, 0.1) is 11.0 Å². The Kier molecular flexibility index (Phi) is 3.93. The molecule has 5 heteroatoms. The van der Waals surface area contributed by atoms with Gasteiger partial charge in [-0.25, -0.2) is 13.8 Å². The van der Waals surface area contributed by atoms with Crippen molar-refractivity contribution in [2.45, 2.75) is 39.2 Å². The van der Waals surface area contributed by atoms with Gasteiger partial charge in [-0.05, 0) is 31.8 Å². The SMILES string of the molecule is CC(C)Cc1nc2cc(F)c(F)cc2n1C1CCNCC1. The van der Waals surface area contributed by atoms with Crippen LogP contribution in [0, 0.1) is 17.6 Å². The van der Waals surface area contributed by atoms with Crippen LogP contribution in [0.25, 0.3) is 11.0 Å². The molecule has 1 fully saturated rings. The zero-order valence-corrected chi connectivity index (χ0v) is 12.5. The molecule has 0 bridgehead atoms. The molecule has 3 nitrogen and oxygen atoms in total. The lowest BCUT2D eigenvalue weighted by Gasteiger charge is -2.26. The first-order chi connectivity index (χ1) is 10.1. The summed E-state index contributed by atoms with van der Waals surface area (Å²) in [5.74, 6) is -0.226. The Hall–Kier alpha value is -1.49. The van der Waals surface area contributed by atoms with Crippen molar-refractivity contribution in [1.82, 2.24) is 14.9 Å². The molecule has 2 aromatic rings. The van der Waals surface area contributed by atoms with Gasteiger partial charge in [0.25, 0.3) is 0 Å². The predicted octanol–water partition coefficient (Wildman–Crippen LogP) is 3.44. The van der Waals surface area contributed by atoms with E-state index in [1.807, 2.05) is 0 Å². The predicted molar refractivity (Wildman–Crippen MR) is 79.3 cm³/mol. The standard InChI is InChI=1S/C16H21F2N3/c1-10(2)7-16-20-14-8-12(17)13(18)9-15(14)21(16)11-3-5-19-6-4-11/h8-11,19H,3-7H2,1-2H3. The summed E-state index contributed by atoms with van der Waals surface area (Å²) in [4.78, 5) is 4.57. The number of piperidine rings is 1. The molecule has 0 aliphatic carbocycles. The van der Waals surface area contributed by atoms with Crippen molar-refractivity contribution in [3.8, 4) is 0 Å². The second-order valence-corrected chi connectivity index (χ2v) is 6.23. The number of nitrogens with zero attached hydrogens (tertiary/aromatic N) is 2. The molecule has 0 amide bonds. The van der Waals surface area contributed by atoms with Gasteiger partial charge in [0.1, 0.15) is 5.82 Å². The molecule has 1 aliphatic rings. The summed E-state index contributed by atoms with van der Waals surface area (Å²) in [6.07, 6.45) is 2.81. The Morgan fingerprint density at radius 1 is 1.24 bits per heavy atom. The number of hydrogen-bond acceptors (Lipinski definition) is 2. The molecule has 3 rings (SSSR count). The van der Waals surface area contributed by atoms with Crippen LogP contribution in [-0.2, 0) is 6.42 Å². The molecule has 0 spiro atoms. The minimum Gasteiger partial charge on any atom is -0.325 e. The third-order valence-corrected chi connectivity index (χ3v) is 4.07. The molecule has 114 valence electrons. The van der Waals surface area contributed by atoms with Crippen LogP contribution < -0.4 is 5.32 Å². The molecule has 21 heavy (non-hydrogen) atoms. The average Bonchev–Trinajstić information content (AvgIpc) is 2.76. The van der Waals surface area contributed by atoms with E-state index in [-0.39, 0.29) is 0 Å². The van der Waals surface area contributed by atoms with Gasteiger partial charge in [0.15, 0.2) is 11.6 Å². The molecule has 1 saturated heterocycles. The van der Waals surface area contributed by atoms with Crippen molar-refractivity contribution in [2.75, 3.05) is 13.1 Å². The lowest BCUT2D eigenvalue weighted by Crippen LogP contribution is -2.30. The zero-order valence-electron chi connectivity index (χ0n) is 12.5. The minimum atomic E-state index is -0.825. The van der Waals surface area contributed by atoms with Gasteiger partial charge in [-0.15, -0.1) is 0 Å². The van der Waals surface area contributed by atoms with Crippen molar-refractivity contribution >= 4 is 11.0 Å². The van der Waals surface area contributed by atoms with E-state index < -0.39 is 11.6 Å². The summed E-state index contributed by atoms with van der Waals surface area (Å²) < 4.78 is 29.2. The second kappa shape index (κ2) is 5.72. The summed E-state index contributed by atoms with van der Waals surface area (Å²) in [5, 5.41) is 3.34. The molecule has 1 aromatic heterocycles. The van der Waals surface area contributed by atoms with E-state index in [2.05, 4.69) is 28.7 Å².